The number of fused-ring (bicyclic) bond motifs is 3. The monoisotopic (exact) mass is 413 g/mol. The molecule has 6 heteroatoms. The van der Waals surface area contributed by atoms with E-state index in [4.69, 9.17) is 9.47 Å². The Bertz CT molecular complexity index is 1020. The molecular formula is C23H27NO4S. The predicted octanol–water partition coefficient (Wildman–Crippen LogP) is 3.94. The summed E-state index contributed by atoms with van der Waals surface area (Å²) < 4.78 is 40.2. The van der Waals surface area contributed by atoms with Crippen LogP contribution in [0.2, 0.25) is 0 Å². The van der Waals surface area contributed by atoms with E-state index in [1.807, 2.05) is 32.0 Å². The quantitative estimate of drug-likeness (QED) is 0.713. The van der Waals surface area contributed by atoms with Crippen LogP contribution >= 0.6 is 0 Å². The maximum absolute atomic E-state index is 13.4. The zero-order valence-corrected chi connectivity index (χ0v) is 17.7. The van der Waals surface area contributed by atoms with Crippen LogP contribution in [0.15, 0.2) is 53.4 Å². The van der Waals surface area contributed by atoms with Crippen LogP contribution in [-0.4, -0.2) is 37.5 Å². The van der Waals surface area contributed by atoms with E-state index in [1.165, 1.54) is 5.56 Å². The Balaban J connectivity index is 1.36. The lowest BCUT2D eigenvalue weighted by molar-refractivity contribution is 0.0724. The third kappa shape index (κ3) is 3.47. The zero-order chi connectivity index (χ0) is 20.2. The summed E-state index contributed by atoms with van der Waals surface area (Å²) in [5.41, 5.74) is 1.74. The molecule has 0 bridgehead atoms. The van der Waals surface area contributed by atoms with Crippen molar-refractivity contribution in [3.05, 3.63) is 59.7 Å². The molecule has 2 fully saturated rings. The van der Waals surface area contributed by atoms with Crippen molar-refractivity contribution in [3.63, 3.8) is 0 Å². The number of hydrogen-bond donors (Lipinski definition) is 0. The number of rotatable bonds is 4. The Labute approximate surface area is 172 Å². The van der Waals surface area contributed by atoms with Gasteiger partial charge in [-0.3, -0.25) is 0 Å². The van der Waals surface area contributed by atoms with Gasteiger partial charge in [0.05, 0.1) is 4.90 Å². The Morgan fingerprint density at radius 1 is 1.14 bits per heavy atom. The van der Waals surface area contributed by atoms with E-state index in [-0.39, 0.29) is 17.8 Å². The second-order valence-corrected chi connectivity index (χ2v) is 10.9. The first kappa shape index (κ1) is 19.1. The summed E-state index contributed by atoms with van der Waals surface area (Å²) in [6.45, 7) is 5.16. The van der Waals surface area contributed by atoms with Gasteiger partial charge in [-0.05, 0) is 62.8 Å². The molecule has 3 aliphatic heterocycles. The number of nitrogens with zero attached hydrogens (tertiary/aromatic N) is 1. The second kappa shape index (κ2) is 6.83. The molecule has 2 saturated heterocycles. The van der Waals surface area contributed by atoms with Gasteiger partial charge in [0.2, 0.25) is 10.0 Å². The molecule has 0 aromatic heterocycles. The van der Waals surface area contributed by atoms with Gasteiger partial charge in [-0.15, -0.1) is 0 Å². The van der Waals surface area contributed by atoms with Crippen molar-refractivity contribution in [2.75, 3.05) is 13.1 Å². The second-order valence-electron chi connectivity index (χ2n) is 8.94. The van der Waals surface area contributed by atoms with E-state index in [0.717, 1.165) is 30.6 Å². The summed E-state index contributed by atoms with van der Waals surface area (Å²) >= 11 is 0. The molecule has 0 saturated carbocycles. The molecule has 0 spiro atoms. The van der Waals surface area contributed by atoms with Crippen molar-refractivity contribution in [3.8, 4) is 5.75 Å². The molecule has 2 aromatic carbocycles. The fourth-order valence-electron chi connectivity index (χ4n) is 4.73. The van der Waals surface area contributed by atoms with Gasteiger partial charge in [-0.1, -0.05) is 30.3 Å². The highest BCUT2D eigenvalue weighted by atomic mass is 32.2. The average molecular weight is 414 g/mol. The van der Waals surface area contributed by atoms with Gasteiger partial charge in [0.25, 0.3) is 0 Å². The average Bonchev–Trinajstić information content (AvgIpc) is 3.51. The molecule has 2 aromatic rings. The summed E-state index contributed by atoms with van der Waals surface area (Å²) in [5.74, 6) is 1.08. The molecule has 29 heavy (non-hydrogen) atoms. The summed E-state index contributed by atoms with van der Waals surface area (Å²) in [6.07, 6.45) is 2.81. The Morgan fingerprint density at radius 2 is 1.93 bits per heavy atom. The lowest BCUT2D eigenvalue weighted by Gasteiger charge is -2.33. The van der Waals surface area contributed by atoms with Crippen LogP contribution in [0.1, 0.15) is 43.9 Å². The minimum Gasteiger partial charge on any atom is -0.485 e. The van der Waals surface area contributed by atoms with E-state index < -0.39 is 10.0 Å². The summed E-state index contributed by atoms with van der Waals surface area (Å²) in [6, 6.07) is 15.5. The van der Waals surface area contributed by atoms with Crippen molar-refractivity contribution >= 4 is 10.0 Å². The smallest absolute Gasteiger partial charge is 0.243 e. The lowest BCUT2D eigenvalue weighted by Crippen LogP contribution is -2.40. The highest BCUT2D eigenvalue weighted by Gasteiger charge is 2.56. The molecule has 3 heterocycles. The van der Waals surface area contributed by atoms with Crippen LogP contribution in [0.4, 0.5) is 0 Å². The van der Waals surface area contributed by atoms with Crippen LogP contribution in [0.5, 0.6) is 5.75 Å². The van der Waals surface area contributed by atoms with Gasteiger partial charge < -0.3 is 9.47 Å². The Kier molecular flexibility index (Phi) is 4.49. The van der Waals surface area contributed by atoms with Crippen LogP contribution in [0.3, 0.4) is 0 Å². The molecule has 1 unspecified atom stereocenters. The fourth-order valence-corrected chi connectivity index (χ4v) is 6.32. The minimum atomic E-state index is -3.53. The lowest BCUT2D eigenvalue weighted by atomic mass is 9.92. The maximum atomic E-state index is 13.4. The fraction of sp³-hybridized carbons (Fsp3) is 0.478. The first-order valence-corrected chi connectivity index (χ1v) is 11.8. The number of sulfonamides is 1. The predicted molar refractivity (Wildman–Crippen MR) is 110 cm³/mol. The number of epoxide rings is 1. The van der Waals surface area contributed by atoms with Gasteiger partial charge in [-0.25, -0.2) is 8.42 Å². The molecule has 0 N–H and O–H groups in total. The third-order valence-electron chi connectivity index (χ3n) is 6.32. The van der Waals surface area contributed by atoms with Crippen LogP contribution in [0.25, 0.3) is 0 Å². The van der Waals surface area contributed by atoms with Crippen molar-refractivity contribution in [1.82, 2.24) is 4.31 Å². The van der Waals surface area contributed by atoms with E-state index in [2.05, 4.69) is 12.1 Å². The number of hydrogen-bond acceptors (Lipinski definition) is 4. The normalized spacial score (nSPS) is 28.1. The number of ether oxygens (including phenoxy) is 2. The molecule has 0 radical (unpaired) electrons. The zero-order valence-electron chi connectivity index (χ0n) is 16.9. The molecule has 0 amide bonds. The van der Waals surface area contributed by atoms with Crippen LogP contribution in [-0.2, 0) is 21.2 Å². The highest BCUT2D eigenvalue weighted by molar-refractivity contribution is 7.89. The molecular weight excluding hydrogens is 386 g/mol. The third-order valence-corrected chi connectivity index (χ3v) is 8.19. The van der Waals surface area contributed by atoms with Gasteiger partial charge in [0.15, 0.2) is 0 Å². The van der Waals surface area contributed by atoms with E-state index >= 15 is 0 Å². The standard InChI is InChI=1S/C23H27NO4S/c1-23(2)22-21(27-22)19-14-18(10-11-20(19)28-23)29(25,26)24-12-6-9-17(15-24)13-16-7-4-3-5-8-16/h3-5,7-8,10-11,14,17,21-22H,6,9,12-13,15H2,1-2H3/t17?,21-,22-/m0/s1. The minimum absolute atomic E-state index is 0.00167. The number of benzene rings is 2. The van der Waals surface area contributed by atoms with Gasteiger partial charge in [-0.2, -0.15) is 4.31 Å². The summed E-state index contributed by atoms with van der Waals surface area (Å²) in [7, 11) is -3.53. The first-order chi connectivity index (χ1) is 13.8. The van der Waals surface area contributed by atoms with Crippen molar-refractivity contribution in [2.24, 2.45) is 5.92 Å². The van der Waals surface area contributed by atoms with Crippen molar-refractivity contribution in [2.45, 2.75) is 55.8 Å². The van der Waals surface area contributed by atoms with E-state index in [1.54, 1.807) is 22.5 Å². The Hall–Kier alpha value is -1.89. The molecule has 0 aliphatic carbocycles. The van der Waals surface area contributed by atoms with Crippen LogP contribution in [0, 0.1) is 5.92 Å². The molecule has 5 rings (SSSR count). The number of piperidine rings is 1. The van der Waals surface area contributed by atoms with E-state index in [9.17, 15) is 8.42 Å². The SMILES string of the molecule is CC1(C)Oc2ccc(S(=O)(=O)N3CCCC(Cc4ccccc4)C3)cc2[C@@H]2O[C@@H]21. The molecule has 5 nitrogen and oxygen atoms in total. The topological polar surface area (TPSA) is 59.1 Å². The van der Waals surface area contributed by atoms with Crippen LogP contribution < -0.4 is 4.74 Å². The van der Waals surface area contributed by atoms with Gasteiger partial charge in [0.1, 0.15) is 23.6 Å². The highest BCUT2D eigenvalue weighted by Crippen LogP contribution is 2.54. The van der Waals surface area contributed by atoms with E-state index in [0.29, 0.717) is 23.9 Å². The maximum Gasteiger partial charge on any atom is 0.243 e. The first-order valence-electron chi connectivity index (χ1n) is 10.4. The largest absolute Gasteiger partial charge is 0.485 e. The van der Waals surface area contributed by atoms with Gasteiger partial charge >= 0.3 is 0 Å². The van der Waals surface area contributed by atoms with Gasteiger partial charge in [0, 0.05) is 18.7 Å². The molecule has 154 valence electrons. The van der Waals surface area contributed by atoms with Crippen molar-refractivity contribution in [1.29, 1.82) is 0 Å². The summed E-state index contributed by atoms with van der Waals surface area (Å²) in [5, 5.41) is 0. The Morgan fingerprint density at radius 3 is 2.72 bits per heavy atom. The van der Waals surface area contributed by atoms with Crippen molar-refractivity contribution < 1.29 is 17.9 Å². The molecule has 3 atom stereocenters. The molecule has 3 aliphatic rings. The summed E-state index contributed by atoms with van der Waals surface area (Å²) in [4.78, 5) is 0.342.